The first kappa shape index (κ1) is 17.5. The van der Waals surface area contributed by atoms with Crippen molar-refractivity contribution in [2.45, 2.75) is 51.2 Å². The summed E-state index contributed by atoms with van der Waals surface area (Å²) in [6.45, 7) is 1.86. The van der Waals surface area contributed by atoms with Gasteiger partial charge in [-0.1, -0.05) is 31.9 Å². The number of rotatable bonds is 7. The molecule has 6 nitrogen and oxygen atoms in total. The van der Waals surface area contributed by atoms with Crippen LogP contribution in [0, 0.1) is 0 Å². The van der Waals surface area contributed by atoms with Gasteiger partial charge in [-0.3, -0.25) is 4.79 Å². The maximum atomic E-state index is 12.2. The highest BCUT2D eigenvalue weighted by molar-refractivity contribution is 5.91. The molecule has 1 aliphatic rings. The molecule has 0 spiro atoms. The smallest absolute Gasteiger partial charge is 0.263 e. The molecule has 134 valence electrons. The third kappa shape index (κ3) is 4.39. The summed E-state index contributed by atoms with van der Waals surface area (Å²) in [5, 5.41) is 17.0. The Bertz CT molecular complexity index is 690. The Labute approximate surface area is 147 Å². The zero-order valence-electron chi connectivity index (χ0n) is 14.5. The van der Waals surface area contributed by atoms with E-state index in [1.165, 1.54) is 12.8 Å². The average molecular weight is 343 g/mol. The van der Waals surface area contributed by atoms with E-state index in [0.29, 0.717) is 18.2 Å². The molecule has 1 amide bonds. The van der Waals surface area contributed by atoms with E-state index in [9.17, 15) is 9.90 Å². The highest BCUT2D eigenvalue weighted by Gasteiger charge is 2.20. The molecule has 1 aromatic heterocycles. The van der Waals surface area contributed by atoms with Gasteiger partial charge in [0.05, 0.1) is 18.3 Å². The molecule has 1 atom stereocenters. The van der Waals surface area contributed by atoms with Crippen molar-refractivity contribution in [1.82, 2.24) is 9.78 Å². The zero-order chi connectivity index (χ0) is 17.6. The molecule has 2 aromatic rings. The van der Waals surface area contributed by atoms with E-state index in [0.717, 1.165) is 24.2 Å². The third-order valence-corrected chi connectivity index (χ3v) is 4.63. The summed E-state index contributed by atoms with van der Waals surface area (Å²) < 4.78 is 7.44. The van der Waals surface area contributed by atoms with E-state index in [4.69, 9.17) is 4.74 Å². The summed E-state index contributed by atoms with van der Waals surface area (Å²) >= 11 is 0. The fraction of sp³-hybridized carbons (Fsp3) is 0.474. The molecule has 1 heterocycles. The minimum Gasteiger partial charge on any atom is -0.484 e. The number of hydrogen-bond donors (Lipinski definition) is 2. The first-order valence-electron chi connectivity index (χ1n) is 8.91. The normalized spacial score (nSPS) is 15.9. The van der Waals surface area contributed by atoms with Crippen LogP contribution < -0.4 is 10.1 Å². The maximum Gasteiger partial charge on any atom is 0.263 e. The van der Waals surface area contributed by atoms with Gasteiger partial charge in [0.25, 0.3) is 5.91 Å². The maximum absolute atomic E-state index is 12.2. The van der Waals surface area contributed by atoms with Gasteiger partial charge >= 0.3 is 0 Å². The minimum absolute atomic E-state index is 0.0640. The number of hydrogen-bond acceptors (Lipinski definition) is 4. The van der Waals surface area contributed by atoms with Crippen LogP contribution in [0.5, 0.6) is 5.75 Å². The number of nitrogens with zero attached hydrogens (tertiary/aromatic N) is 2. The Morgan fingerprint density at radius 3 is 2.72 bits per heavy atom. The minimum atomic E-state index is -0.465. The predicted molar refractivity (Wildman–Crippen MR) is 95.5 cm³/mol. The van der Waals surface area contributed by atoms with Crippen molar-refractivity contribution in [3.8, 4) is 5.75 Å². The van der Waals surface area contributed by atoms with E-state index >= 15 is 0 Å². The second kappa shape index (κ2) is 8.16. The number of aromatic nitrogens is 2. The number of benzene rings is 1. The predicted octanol–water partition coefficient (Wildman–Crippen LogP) is 3.46. The van der Waals surface area contributed by atoms with Gasteiger partial charge < -0.3 is 15.2 Å². The van der Waals surface area contributed by atoms with Crippen molar-refractivity contribution in [1.29, 1.82) is 0 Å². The van der Waals surface area contributed by atoms with Crippen LogP contribution >= 0.6 is 0 Å². The average Bonchev–Trinajstić information content (AvgIpc) is 3.31. The van der Waals surface area contributed by atoms with Gasteiger partial charge in [-0.15, -0.1) is 0 Å². The van der Waals surface area contributed by atoms with Crippen molar-refractivity contribution in [2.75, 3.05) is 11.9 Å². The highest BCUT2D eigenvalue weighted by atomic mass is 16.5. The van der Waals surface area contributed by atoms with E-state index in [-0.39, 0.29) is 12.5 Å². The quantitative estimate of drug-likeness (QED) is 0.807. The molecule has 25 heavy (non-hydrogen) atoms. The largest absolute Gasteiger partial charge is 0.484 e. The summed E-state index contributed by atoms with van der Waals surface area (Å²) in [6, 6.07) is 9.36. The van der Waals surface area contributed by atoms with E-state index in [1.807, 2.05) is 29.8 Å². The Kier molecular flexibility index (Phi) is 5.71. The molecule has 1 aliphatic carbocycles. The standard InChI is InChI=1S/C19H25N3O3/c1-2-17(23)14-7-9-16(10-8-14)25-13-19(24)21-18-11-12-20-22(18)15-5-3-4-6-15/h7-12,15,17,23H,2-6,13H2,1H3,(H,21,24). The lowest BCUT2D eigenvalue weighted by atomic mass is 10.1. The van der Waals surface area contributed by atoms with Gasteiger partial charge in [-0.25, -0.2) is 4.68 Å². The summed E-state index contributed by atoms with van der Waals surface area (Å²) in [4.78, 5) is 12.2. The Morgan fingerprint density at radius 2 is 2.04 bits per heavy atom. The van der Waals surface area contributed by atoms with Crippen molar-refractivity contribution >= 4 is 11.7 Å². The van der Waals surface area contributed by atoms with E-state index < -0.39 is 6.10 Å². The number of amides is 1. The SMILES string of the molecule is CCC(O)c1ccc(OCC(=O)Nc2ccnn2C2CCCC2)cc1. The molecular formula is C19H25N3O3. The van der Waals surface area contributed by atoms with Gasteiger partial charge in [0.1, 0.15) is 11.6 Å². The third-order valence-electron chi connectivity index (χ3n) is 4.63. The molecule has 0 radical (unpaired) electrons. The first-order valence-corrected chi connectivity index (χ1v) is 8.91. The molecule has 1 aromatic carbocycles. The van der Waals surface area contributed by atoms with Crippen LogP contribution in [0.4, 0.5) is 5.82 Å². The van der Waals surface area contributed by atoms with Crippen LogP contribution in [0.3, 0.4) is 0 Å². The number of nitrogens with one attached hydrogen (secondary N) is 1. The van der Waals surface area contributed by atoms with Gasteiger partial charge in [0.15, 0.2) is 6.61 Å². The van der Waals surface area contributed by atoms with Crippen molar-refractivity contribution in [3.63, 3.8) is 0 Å². The molecule has 3 rings (SSSR count). The van der Waals surface area contributed by atoms with Crippen LogP contribution in [-0.2, 0) is 4.79 Å². The molecule has 0 aliphatic heterocycles. The summed E-state index contributed by atoms with van der Waals surface area (Å²) in [5.74, 6) is 1.12. The van der Waals surface area contributed by atoms with Crippen molar-refractivity contribution in [3.05, 3.63) is 42.1 Å². The Morgan fingerprint density at radius 1 is 1.32 bits per heavy atom. The van der Waals surface area contributed by atoms with Crippen molar-refractivity contribution < 1.29 is 14.6 Å². The summed E-state index contributed by atoms with van der Waals surface area (Å²) in [7, 11) is 0. The molecule has 1 fully saturated rings. The lowest BCUT2D eigenvalue weighted by molar-refractivity contribution is -0.118. The first-order chi connectivity index (χ1) is 12.2. The number of carbonyl (C=O) groups is 1. The van der Waals surface area contributed by atoms with Gasteiger partial charge in [0.2, 0.25) is 0 Å². The van der Waals surface area contributed by atoms with Gasteiger partial charge in [-0.2, -0.15) is 5.10 Å². The Hall–Kier alpha value is -2.34. The van der Waals surface area contributed by atoms with Gasteiger partial charge in [0, 0.05) is 6.07 Å². The lowest BCUT2D eigenvalue weighted by Gasteiger charge is -2.15. The van der Waals surface area contributed by atoms with Crippen LogP contribution in [0.2, 0.25) is 0 Å². The van der Waals surface area contributed by atoms with Crippen LogP contribution in [0.15, 0.2) is 36.5 Å². The second-order valence-corrected chi connectivity index (χ2v) is 6.43. The molecule has 1 saturated carbocycles. The second-order valence-electron chi connectivity index (χ2n) is 6.43. The monoisotopic (exact) mass is 343 g/mol. The number of aliphatic hydroxyl groups excluding tert-OH is 1. The highest BCUT2D eigenvalue weighted by Crippen LogP contribution is 2.31. The summed E-state index contributed by atoms with van der Waals surface area (Å²) in [6.07, 6.45) is 6.55. The topological polar surface area (TPSA) is 76.4 Å². The van der Waals surface area contributed by atoms with Crippen LogP contribution in [0.25, 0.3) is 0 Å². The number of ether oxygens (including phenoxy) is 1. The number of anilines is 1. The van der Waals surface area contributed by atoms with Crippen LogP contribution in [-0.4, -0.2) is 27.4 Å². The molecule has 0 bridgehead atoms. The van der Waals surface area contributed by atoms with E-state index in [1.54, 1.807) is 18.3 Å². The van der Waals surface area contributed by atoms with E-state index in [2.05, 4.69) is 10.4 Å². The van der Waals surface area contributed by atoms with Crippen LogP contribution in [0.1, 0.15) is 56.7 Å². The van der Waals surface area contributed by atoms with Crippen molar-refractivity contribution in [2.24, 2.45) is 0 Å². The fourth-order valence-corrected chi connectivity index (χ4v) is 3.20. The molecule has 0 saturated heterocycles. The Balaban J connectivity index is 1.52. The molecule has 2 N–H and O–H groups in total. The number of carbonyl (C=O) groups excluding carboxylic acids is 1. The van der Waals surface area contributed by atoms with Gasteiger partial charge in [-0.05, 0) is 37.0 Å². The molecule has 1 unspecified atom stereocenters. The lowest BCUT2D eigenvalue weighted by Crippen LogP contribution is -2.23. The molecular weight excluding hydrogens is 318 g/mol. The fourth-order valence-electron chi connectivity index (χ4n) is 3.20. The zero-order valence-corrected chi connectivity index (χ0v) is 14.5. The summed E-state index contributed by atoms with van der Waals surface area (Å²) in [5.41, 5.74) is 0.847. The molecule has 6 heteroatoms. The number of aliphatic hydroxyl groups is 1.